The molecular weight excluding hydrogens is 166 g/mol. The Morgan fingerprint density at radius 1 is 1.23 bits per heavy atom. The van der Waals surface area contributed by atoms with E-state index in [0.29, 0.717) is 11.1 Å². The zero-order chi connectivity index (χ0) is 9.64. The summed E-state index contributed by atoms with van der Waals surface area (Å²) in [5.41, 5.74) is 6.86. The molecule has 1 saturated carbocycles. The number of aromatic hydroxyl groups is 2. The van der Waals surface area contributed by atoms with Crippen LogP contribution in [-0.4, -0.2) is 10.2 Å². The lowest BCUT2D eigenvalue weighted by Gasteiger charge is -2.13. The molecule has 3 heteroatoms. The Morgan fingerprint density at radius 2 is 1.85 bits per heavy atom. The predicted molar refractivity (Wildman–Crippen MR) is 49.6 cm³/mol. The zero-order valence-corrected chi connectivity index (χ0v) is 7.54. The summed E-state index contributed by atoms with van der Waals surface area (Å²) in [4.78, 5) is 0. The number of benzene rings is 1. The number of hydrogen-bond acceptors (Lipinski definition) is 3. The molecule has 0 aliphatic heterocycles. The average molecular weight is 179 g/mol. The number of nitrogens with two attached hydrogens (primary N) is 1. The van der Waals surface area contributed by atoms with Gasteiger partial charge in [-0.1, -0.05) is 12.1 Å². The third kappa shape index (κ3) is 1.16. The van der Waals surface area contributed by atoms with E-state index in [0.717, 1.165) is 12.8 Å². The maximum absolute atomic E-state index is 9.62. The average Bonchev–Trinajstić information content (AvgIpc) is 2.80. The van der Waals surface area contributed by atoms with Crippen LogP contribution >= 0.6 is 0 Å². The minimum absolute atomic E-state index is 0.0470. The van der Waals surface area contributed by atoms with Crippen LogP contribution in [0.2, 0.25) is 0 Å². The first-order valence-electron chi connectivity index (χ1n) is 4.35. The summed E-state index contributed by atoms with van der Waals surface area (Å²) in [6.45, 7) is 1.74. The SMILES string of the molecule is Cc1ccc(C2(N)CC2)c(O)c1O. The van der Waals surface area contributed by atoms with Crippen molar-refractivity contribution in [1.82, 2.24) is 0 Å². The van der Waals surface area contributed by atoms with E-state index < -0.39 is 5.54 Å². The Morgan fingerprint density at radius 3 is 2.38 bits per heavy atom. The molecule has 1 aromatic carbocycles. The highest BCUT2D eigenvalue weighted by Gasteiger charge is 2.42. The highest BCUT2D eigenvalue weighted by atomic mass is 16.3. The van der Waals surface area contributed by atoms with E-state index in [-0.39, 0.29) is 11.5 Å². The Labute approximate surface area is 76.8 Å². The summed E-state index contributed by atoms with van der Waals surface area (Å²) in [5.74, 6) is -0.103. The minimum Gasteiger partial charge on any atom is -0.504 e. The molecule has 0 spiro atoms. The van der Waals surface area contributed by atoms with Gasteiger partial charge in [0.2, 0.25) is 0 Å². The smallest absolute Gasteiger partial charge is 0.162 e. The Bertz CT molecular complexity index is 356. The van der Waals surface area contributed by atoms with Gasteiger partial charge in [-0.3, -0.25) is 0 Å². The molecule has 1 fully saturated rings. The summed E-state index contributed by atoms with van der Waals surface area (Å²) < 4.78 is 0. The second-order valence-corrected chi connectivity index (χ2v) is 3.78. The van der Waals surface area contributed by atoms with Crippen LogP contribution in [0.5, 0.6) is 11.5 Å². The molecule has 1 aliphatic carbocycles. The Balaban J connectivity index is 2.54. The van der Waals surface area contributed by atoms with Crippen molar-refractivity contribution in [2.24, 2.45) is 5.73 Å². The number of phenolic OH excluding ortho intramolecular Hbond substituents is 2. The Kier molecular flexibility index (Phi) is 1.54. The van der Waals surface area contributed by atoms with Crippen LogP contribution in [0, 0.1) is 6.92 Å². The van der Waals surface area contributed by atoms with Crippen LogP contribution in [0.1, 0.15) is 24.0 Å². The van der Waals surface area contributed by atoms with E-state index >= 15 is 0 Å². The molecular formula is C10H13NO2. The molecule has 3 nitrogen and oxygen atoms in total. The molecule has 0 radical (unpaired) electrons. The largest absolute Gasteiger partial charge is 0.504 e. The van der Waals surface area contributed by atoms with Crippen LogP contribution in [0.3, 0.4) is 0 Å². The minimum atomic E-state index is -0.394. The van der Waals surface area contributed by atoms with Gasteiger partial charge in [-0.05, 0) is 25.3 Å². The van der Waals surface area contributed by atoms with Gasteiger partial charge in [0, 0.05) is 11.1 Å². The van der Waals surface area contributed by atoms with Crippen molar-refractivity contribution >= 4 is 0 Å². The number of hydrogen-bond donors (Lipinski definition) is 3. The van der Waals surface area contributed by atoms with Crippen molar-refractivity contribution in [3.8, 4) is 11.5 Å². The molecule has 0 amide bonds. The number of phenols is 2. The van der Waals surface area contributed by atoms with Crippen molar-refractivity contribution in [3.63, 3.8) is 0 Å². The van der Waals surface area contributed by atoms with Crippen LogP contribution in [0.4, 0.5) is 0 Å². The molecule has 0 atom stereocenters. The number of aryl methyl sites for hydroxylation is 1. The third-order valence-corrected chi connectivity index (χ3v) is 2.68. The summed E-state index contributed by atoms with van der Waals surface area (Å²) in [5, 5.41) is 19.1. The standard InChI is InChI=1S/C10H13NO2/c1-6-2-3-7(9(13)8(6)12)10(11)4-5-10/h2-3,12-13H,4-5,11H2,1H3. The van der Waals surface area contributed by atoms with Gasteiger partial charge in [-0.25, -0.2) is 0 Å². The second kappa shape index (κ2) is 2.39. The Hall–Kier alpha value is -1.22. The van der Waals surface area contributed by atoms with Gasteiger partial charge in [-0.15, -0.1) is 0 Å². The first-order valence-corrected chi connectivity index (χ1v) is 4.35. The summed E-state index contributed by atoms with van der Waals surface area (Å²) in [6, 6.07) is 3.56. The van der Waals surface area contributed by atoms with E-state index in [9.17, 15) is 10.2 Å². The monoisotopic (exact) mass is 179 g/mol. The van der Waals surface area contributed by atoms with Gasteiger partial charge < -0.3 is 15.9 Å². The van der Waals surface area contributed by atoms with Gasteiger partial charge in [0.15, 0.2) is 11.5 Å². The summed E-state index contributed by atoms with van der Waals surface area (Å²) in [6.07, 6.45) is 1.76. The molecule has 4 N–H and O–H groups in total. The van der Waals surface area contributed by atoms with Gasteiger partial charge in [-0.2, -0.15) is 0 Å². The van der Waals surface area contributed by atoms with Crippen LogP contribution in [0.25, 0.3) is 0 Å². The first-order chi connectivity index (χ1) is 6.04. The molecule has 0 bridgehead atoms. The topological polar surface area (TPSA) is 66.5 Å². The molecule has 1 aromatic rings. The molecule has 0 heterocycles. The summed E-state index contributed by atoms with van der Waals surface area (Å²) in [7, 11) is 0. The second-order valence-electron chi connectivity index (χ2n) is 3.78. The predicted octanol–water partition coefficient (Wildman–Crippen LogP) is 1.35. The summed E-state index contributed by atoms with van der Waals surface area (Å²) >= 11 is 0. The van der Waals surface area contributed by atoms with E-state index in [1.54, 1.807) is 19.1 Å². The van der Waals surface area contributed by atoms with Crippen molar-refractivity contribution < 1.29 is 10.2 Å². The maximum Gasteiger partial charge on any atom is 0.162 e. The zero-order valence-electron chi connectivity index (χ0n) is 7.54. The molecule has 13 heavy (non-hydrogen) atoms. The van der Waals surface area contributed by atoms with Crippen molar-refractivity contribution in [2.75, 3.05) is 0 Å². The molecule has 2 rings (SSSR count). The number of rotatable bonds is 1. The van der Waals surface area contributed by atoms with Gasteiger partial charge >= 0.3 is 0 Å². The molecule has 0 aromatic heterocycles. The molecule has 0 saturated heterocycles. The molecule has 1 aliphatic rings. The quantitative estimate of drug-likeness (QED) is 0.570. The van der Waals surface area contributed by atoms with Crippen molar-refractivity contribution in [2.45, 2.75) is 25.3 Å². The lowest BCUT2D eigenvalue weighted by atomic mass is 10.0. The van der Waals surface area contributed by atoms with E-state index in [4.69, 9.17) is 5.73 Å². The van der Waals surface area contributed by atoms with E-state index in [1.165, 1.54) is 0 Å². The first kappa shape index (κ1) is 8.38. The third-order valence-electron chi connectivity index (χ3n) is 2.68. The highest BCUT2D eigenvalue weighted by Crippen LogP contribution is 2.49. The molecule has 0 unspecified atom stereocenters. The van der Waals surface area contributed by atoms with Gasteiger partial charge in [0.05, 0.1) is 0 Å². The fourth-order valence-electron chi connectivity index (χ4n) is 1.49. The van der Waals surface area contributed by atoms with Crippen LogP contribution in [-0.2, 0) is 5.54 Å². The van der Waals surface area contributed by atoms with E-state index in [1.807, 2.05) is 0 Å². The van der Waals surface area contributed by atoms with Gasteiger partial charge in [0.25, 0.3) is 0 Å². The van der Waals surface area contributed by atoms with Crippen molar-refractivity contribution in [3.05, 3.63) is 23.3 Å². The lowest BCUT2D eigenvalue weighted by Crippen LogP contribution is -2.18. The van der Waals surface area contributed by atoms with Crippen LogP contribution in [0.15, 0.2) is 12.1 Å². The van der Waals surface area contributed by atoms with Crippen LogP contribution < -0.4 is 5.73 Å². The molecule has 70 valence electrons. The van der Waals surface area contributed by atoms with Gasteiger partial charge in [0.1, 0.15) is 0 Å². The lowest BCUT2D eigenvalue weighted by molar-refractivity contribution is 0.392. The van der Waals surface area contributed by atoms with Crippen molar-refractivity contribution in [1.29, 1.82) is 0 Å². The highest BCUT2D eigenvalue weighted by molar-refractivity contribution is 5.53. The normalized spacial score (nSPS) is 18.6. The maximum atomic E-state index is 9.62. The fraction of sp³-hybridized carbons (Fsp3) is 0.400. The fourth-order valence-corrected chi connectivity index (χ4v) is 1.49. The van der Waals surface area contributed by atoms with E-state index in [2.05, 4.69) is 0 Å².